The lowest BCUT2D eigenvalue weighted by Crippen LogP contribution is -2.36. The average molecular weight is 424 g/mol. The van der Waals surface area contributed by atoms with Crippen LogP contribution in [-0.4, -0.2) is 28.0 Å². The summed E-state index contributed by atoms with van der Waals surface area (Å²) in [5.41, 5.74) is 0.735. The maximum absolute atomic E-state index is 12.8. The smallest absolute Gasteiger partial charge is 0.267 e. The first-order chi connectivity index (χ1) is 13.0. The van der Waals surface area contributed by atoms with E-state index in [1.807, 2.05) is 6.07 Å². The number of rotatable bonds is 3. The number of nitro benzene ring substituents is 1. The van der Waals surface area contributed by atoms with Crippen LogP contribution in [0.1, 0.15) is 26.3 Å². The number of hydrogen-bond donors (Lipinski definition) is 0. The first-order valence-corrected chi connectivity index (χ1v) is 8.66. The molecule has 0 saturated carbocycles. The molecule has 132 valence electrons. The third kappa shape index (κ3) is 2.70. The highest BCUT2D eigenvalue weighted by Gasteiger charge is 2.33. The van der Waals surface area contributed by atoms with E-state index in [0.29, 0.717) is 16.5 Å². The van der Waals surface area contributed by atoms with Gasteiger partial charge in [-0.25, -0.2) is 0 Å². The van der Waals surface area contributed by atoms with Gasteiger partial charge in [-0.15, -0.1) is 0 Å². The van der Waals surface area contributed by atoms with Gasteiger partial charge in [0, 0.05) is 15.9 Å². The molecule has 0 aliphatic carbocycles. The van der Waals surface area contributed by atoms with Gasteiger partial charge in [-0.1, -0.05) is 40.2 Å². The van der Waals surface area contributed by atoms with Gasteiger partial charge in [0.1, 0.15) is 0 Å². The van der Waals surface area contributed by atoms with Crippen LogP contribution in [0.3, 0.4) is 0 Å². The van der Waals surface area contributed by atoms with E-state index in [2.05, 4.69) is 21.0 Å². The molecule has 0 spiro atoms. The van der Waals surface area contributed by atoms with Crippen LogP contribution in [0.2, 0.25) is 0 Å². The minimum atomic E-state index is -0.578. The molecule has 1 aliphatic heterocycles. The molecule has 1 heterocycles. The SMILES string of the molecule is O=C1c2cccc3c(Br)ccc(c23)C(=O)N1N=Cc1ccccc1[N+](=O)[O-]. The number of hydrogen-bond acceptors (Lipinski definition) is 5. The number of carbonyl (C=O) groups is 2. The molecule has 0 fully saturated rings. The van der Waals surface area contributed by atoms with Crippen molar-refractivity contribution < 1.29 is 14.5 Å². The zero-order valence-corrected chi connectivity index (χ0v) is 15.2. The molecule has 0 saturated heterocycles. The summed E-state index contributed by atoms with van der Waals surface area (Å²) < 4.78 is 0.778. The highest BCUT2D eigenvalue weighted by Crippen LogP contribution is 2.34. The molecule has 1 aliphatic rings. The van der Waals surface area contributed by atoms with Crippen molar-refractivity contribution in [3.63, 3.8) is 0 Å². The summed E-state index contributed by atoms with van der Waals surface area (Å²) in [5.74, 6) is -1.16. The summed E-state index contributed by atoms with van der Waals surface area (Å²) in [6.07, 6.45) is 1.15. The predicted octanol–water partition coefficient (Wildman–Crippen LogP) is 4.14. The molecule has 3 aromatic rings. The molecule has 7 nitrogen and oxygen atoms in total. The lowest BCUT2D eigenvalue weighted by atomic mass is 9.95. The summed E-state index contributed by atoms with van der Waals surface area (Å²) in [4.78, 5) is 36.2. The van der Waals surface area contributed by atoms with Crippen molar-refractivity contribution in [2.45, 2.75) is 0 Å². The summed E-state index contributed by atoms with van der Waals surface area (Å²) in [7, 11) is 0. The Bertz CT molecular complexity index is 1150. The fourth-order valence-electron chi connectivity index (χ4n) is 3.04. The molecule has 0 atom stereocenters. The van der Waals surface area contributed by atoms with E-state index in [0.717, 1.165) is 21.1 Å². The van der Waals surface area contributed by atoms with Crippen LogP contribution in [-0.2, 0) is 0 Å². The van der Waals surface area contributed by atoms with Crippen molar-refractivity contribution in [3.05, 3.63) is 85.9 Å². The van der Waals surface area contributed by atoms with Crippen LogP contribution in [0.25, 0.3) is 10.8 Å². The molecule has 0 N–H and O–H groups in total. The largest absolute Gasteiger partial charge is 0.282 e. The van der Waals surface area contributed by atoms with E-state index >= 15 is 0 Å². The second kappa shape index (κ2) is 6.40. The molecule has 8 heteroatoms. The topological polar surface area (TPSA) is 92.9 Å². The minimum Gasteiger partial charge on any atom is -0.267 e. The van der Waals surface area contributed by atoms with E-state index in [1.165, 1.54) is 18.2 Å². The third-order valence-electron chi connectivity index (χ3n) is 4.28. The van der Waals surface area contributed by atoms with Gasteiger partial charge in [-0.2, -0.15) is 10.1 Å². The second-order valence-electron chi connectivity index (χ2n) is 5.81. The standard InChI is InChI=1S/C19H10BrN3O4/c20-15-9-8-14-17-12(15)5-3-6-13(17)18(24)22(19(14)25)21-10-11-4-1-2-7-16(11)23(26)27/h1-10H. The number of halogens is 1. The molecule has 0 bridgehead atoms. The molecule has 2 amide bonds. The molecular weight excluding hydrogens is 414 g/mol. The van der Waals surface area contributed by atoms with Gasteiger partial charge in [-0.3, -0.25) is 19.7 Å². The number of benzene rings is 3. The lowest BCUT2D eigenvalue weighted by molar-refractivity contribution is -0.385. The van der Waals surface area contributed by atoms with Crippen molar-refractivity contribution >= 4 is 50.4 Å². The van der Waals surface area contributed by atoms with Gasteiger partial charge in [0.25, 0.3) is 17.5 Å². The number of nitrogens with zero attached hydrogens (tertiary/aromatic N) is 3. The fraction of sp³-hybridized carbons (Fsp3) is 0. The molecule has 3 aromatic carbocycles. The summed E-state index contributed by atoms with van der Waals surface area (Å²) in [6, 6.07) is 14.5. The summed E-state index contributed by atoms with van der Waals surface area (Å²) in [5, 5.41) is 17.1. The Morgan fingerprint density at radius 2 is 1.67 bits per heavy atom. The van der Waals surface area contributed by atoms with Crippen LogP contribution in [0.5, 0.6) is 0 Å². The van der Waals surface area contributed by atoms with Crippen molar-refractivity contribution in [1.82, 2.24) is 5.01 Å². The van der Waals surface area contributed by atoms with E-state index < -0.39 is 16.7 Å². The highest BCUT2D eigenvalue weighted by atomic mass is 79.9. The zero-order chi connectivity index (χ0) is 19.1. The van der Waals surface area contributed by atoms with Crippen LogP contribution in [0.15, 0.2) is 64.2 Å². The Morgan fingerprint density at radius 3 is 2.41 bits per heavy atom. The number of carbonyl (C=O) groups excluding carboxylic acids is 2. The van der Waals surface area contributed by atoms with Crippen LogP contribution in [0.4, 0.5) is 5.69 Å². The Labute approximate surface area is 161 Å². The number of amides is 2. The normalized spacial score (nSPS) is 13.6. The van der Waals surface area contributed by atoms with Crippen LogP contribution >= 0.6 is 15.9 Å². The van der Waals surface area contributed by atoms with Gasteiger partial charge in [0.15, 0.2) is 0 Å². The van der Waals surface area contributed by atoms with Crippen LogP contribution in [0, 0.1) is 10.1 Å². The fourth-order valence-corrected chi connectivity index (χ4v) is 3.50. The lowest BCUT2D eigenvalue weighted by Gasteiger charge is -2.23. The number of hydrazone groups is 1. The third-order valence-corrected chi connectivity index (χ3v) is 4.97. The molecule has 4 rings (SSSR count). The maximum Gasteiger partial charge on any atom is 0.282 e. The van der Waals surface area contributed by atoms with Gasteiger partial charge in [0.2, 0.25) is 0 Å². The highest BCUT2D eigenvalue weighted by molar-refractivity contribution is 9.10. The quantitative estimate of drug-likeness (QED) is 0.273. The van der Waals surface area contributed by atoms with E-state index in [9.17, 15) is 19.7 Å². The Balaban J connectivity index is 1.81. The van der Waals surface area contributed by atoms with Crippen molar-refractivity contribution in [2.24, 2.45) is 5.10 Å². The summed E-state index contributed by atoms with van der Waals surface area (Å²) in [6.45, 7) is 0. The molecule has 0 radical (unpaired) electrons. The number of para-hydroxylation sites is 1. The van der Waals surface area contributed by atoms with E-state index in [-0.39, 0.29) is 11.3 Å². The summed E-state index contributed by atoms with van der Waals surface area (Å²) >= 11 is 3.43. The predicted molar refractivity (Wildman–Crippen MR) is 103 cm³/mol. The van der Waals surface area contributed by atoms with Crippen molar-refractivity contribution in [1.29, 1.82) is 0 Å². The van der Waals surface area contributed by atoms with Gasteiger partial charge >= 0.3 is 0 Å². The average Bonchev–Trinajstić information content (AvgIpc) is 2.67. The van der Waals surface area contributed by atoms with Gasteiger partial charge in [0.05, 0.1) is 27.8 Å². The molecule has 0 unspecified atom stereocenters. The van der Waals surface area contributed by atoms with Gasteiger partial charge in [-0.05, 0) is 29.7 Å². The van der Waals surface area contributed by atoms with Crippen LogP contribution < -0.4 is 0 Å². The Hall–Kier alpha value is -3.39. The minimum absolute atomic E-state index is 0.162. The zero-order valence-electron chi connectivity index (χ0n) is 13.6. The molecule has 27 heavy (non-hydrogen) atoms. The van der Waals surface area contributed by atoms with Crippen molar-refractivity contribution in [3.8, 4) is 0 Å². The monoisotopic (exact) mass is 423 g/mol. The first kappa shape index (κ1) is 17.0. The maximum atomic E-state index is 12.8. The Morgan fingerprint density at radius 1 is 0.963 bits per heavy atom. The second-order valence-corrected chi connectivity index (χ2v) is 6.66. The van der Waals surface area contributed by atoms with Gasteiger partial charge < -0.3 is 0 Å². The molecule has 0 aromatic heterocycles. The first-order valence-electron chi connectivity index (χ1n) is 7.86. The Kier molecular flexibility index (Phi) is 4.04. The number of imide groups is 1. The number of nitro groups is 1. The van der Waals surface area contributed by atoms with E-state index in [1.54, 1.807) is 30.3 Å². The van der Waals surface area contributed by atoms with E-state index in [4.69, 9.17) is 0 Å². The molecular formula is C19H10BrN3O4. The van der Waals surface area contributed by atoms with Crippen molar-refractivity contribution in [2.75, 3.05) is 0 Å².